The number of rotatable bonds is 3. The van der Waals surface area contributed by atoms with Gasteiger partial charge in [0.25, 0.3) is 0 Å². The van der Waals surface area contributed by atoms with Crippen LogP contribution >= 0.6 is 0 Å². The molecule has 0 spiro atoms. The van der Waals surface area contributed by atoms with Gasteiger partial charge in [0.2, 0.25) is 0 Å². The molecule has 0 aromatic rings. The highest BCUT2D eigenvalue weighted by Crippen LogP contribution is 2.27. The van der Waals surface area contributed by atoms with E-state index in [4.69, 9.17) is 0 Å². The number of nitrogens with zero attached hydrogens (tertiary/aromatic N) is 1. The summed E-state index contributed by atoms with van der Waals surface area (Å²) in [6.45, 7) is 2.29. The third kappa shape index (κ3) is 8.49. The lowest BCUT2D eigenvalue weighted by Gasteiger charge is -2.20. The topological polar surface area (TPSA) is 98.4 Å². The third-order valence-electron chi connectivity index (χ3n) is 2.95. The Balaban J connectivity index is 0.000000325. The van der Waals surface area contributed by atoms with E-state index >= 15 is 0 Å². The number of carbonyl (C=O) groups is 1. The zero-order chi connectivity index (χ0) is 12.4. The Morgan fingerprint density at radius 2 is 1.75 bits per heavy atom. The molecule has 0 aromatic carbocycles. The molecular formula is C11H26N4O. The molecule has 2 amide bonds. The predicted molar refractivity (Wildman–Crippen MR) is 65.9 cm³/mol. The lowest BCUT2D eigenvalue weighted by atomic mass is 9.86. The van der Waals surface area contributed by atoms with Crippen LogP contribution in [0.1, 0.15) is 58.3 Å². The summed E-state index contributed by atoms with van der Waals surface area (Å²) in [6.07, 6.45) is 11.9. The summed E-state index contributed by atoms with van der Waals surface area (Å²) >= 11 is 0. The molecule has 1 saturated carbocycles. The fourth-order valence-electron chi connectivity index (χ4n) is 1.97. The average molecular weight is 230 g/mol. The van der Waals surface area contributed by atoms with Crippen molar-refractivity contribution in [3.8, 4) is 0 Å². The molecule has 0 unspecified atom stereocenters. The molecule has 1 rings (SSSR count). The molecule has 6 N–H and O–H groups in total. The van der Waals surface area contributed by atoms with Crippen molar-refractivity contribution >= 4 is 6.03 Å². The van der Waals surface area contributed by atoms with Gasteiger partial charge in [-0.3, -0.25) is 0 Å². The van der Waals surface area contributed by atoms with Crippen molar-refractivity contribution in [1.82, 2.24) is 5.12 Å². The summed E-state index contributed by atoms with van der Waals surface area (Å²) in [5.41, 5.74) is 4.47. The highest BCUT2D eigenvalue weighted by molar-refractivity contribution is 5.70. The summed E-state index contributed by atoms with van der Waals surface area (Å²) in [6, 6.07) is -0.852. The van der Waals surface area contributed by atoms with Crippen molar-refractivity contribution in [2.45, 2.75) is 58.3 Å². The van der Waals surface area contributed by atoms with Crippen LogP contribution < -0.4 is 17.4 Å². The van der Waals surface area contributed by atoms with Crippen LogP contribution in [0.4, 0.5) is 4.79 Å². The minimum Gasteiger partial charge on any atom is -0.349 e. The number of primary amides is 1. The van der Waals surface area contributed by atoms with Crippen molar-refractivity contribution in [1.29, 1.82) is 0 Å². The van der Waals surface area contributed by atoms with Gasteiger partial charge >= 0.3 is 6.03 Å². The van der Waals surface area contributed by atoms with Crippen LogP contribution in [0, 0.1) is 5.92 Å². The molecular weight excluding hydrogens is 204 g/mol. The Bertz CT molecular complexity index is 179. The van der Waals surface area contributed by atoms with Crippen LogP contribution in [0.5, 0.6) is 0 Å². The number of unbranched alkanes of at least 4 members (excludes halogenated alkanes) is 1. The molecule has 1 aliphatic carbocycles. The molecule has 1 fully saturated rings. The van der Waals surface area contributed by atoms with Crippen LogP contribution in [0.3, 0.4) is 0 Å². The Hall–Kier alpha value is -0.810. The first-order chi connectivity index (χ1) is 7.57. The van der Waals surface area contributed by atoms with E-state index in [0.29, 0.717) is 5.12 Å². The van der Waals surface area contributed by atoms with E-state index in [0.717, 1.165) is 5.92 Å². The summed E-state index contributed by atoms with van der Waals surface area (Å²) in [5.74, 6) is 10.2. The van der Waals surface area contributed by atoms with Crippen molar-refractivity contribution in [3.05, 3.63) is 0 Å². The second kappa shape index (κ2) is 9.42. The number of nitrogens with two attached hydrogens (primary N) is 3. The quantitative estimate of drug-likeness (QED) is 0.392. The van der Waals surface area contributed by atoms with Gasteiger partial charge in [0, 0.05) is 0 Å². The fourth-order valence-corrected chi connectivity index (χ4v) is 1.97. The zero-order valence-corrected chi connectivity index (χ0v) is 10.3. The smallest absolute Gasteiger partial charge is 0.343 e. The molecule has 0 saturated heterocycles. The molecule has 96 valence electrons. The number of amides is 2. The third-order valence-corrected chi connectivity index (χ3v) is 2.95. The molecule has 0 aromatic heterocycles. The summed E-state index contributed by atoms with van der Waals surface area (Å²) < 4.78 is 0. The second-order valence-corrected chi connectivity index (χ2v) is 4.39. The number of urea groups is 1. The lowest BCUT2D eigenvalue weighted by molar-refractivity contribution is 0.210. The fraction of sp³-hybridized carbons (Fsp3) is 0.909. The SMILES string of the molecule is CCCCC1CCCCC1.NC(=O)N(N)N. The van der Waals surface area contributed by atoms with Gasteiger partial charge in [0.05, 0.1) is 0 Å². The first-order valence-electron chi connectivity index (χ1n) is 6.16. The number of carbonyl (C=O) groups excluding carboxylic acids is 1. The maximum Gasteiger partial charge on any atom is 0.343 e. The number of hydrazine groups is 2. The van der Waals surface area contributed by atoms with Gasteiger partial charge < -0.3 is 5.73 Å². The second-order valence-electron chi connectivity index (χ2n) is 4.39. The molecule has 0 radical (unpaired) electrons. The summed E-state index contributed by atoms with van der Waals surface area (Å²) in [5, 5.41) is 0.306. The van der Waals surface area contributed by atoms with Crippen molar-refractivity contribution in [3.63, 3.8) is 0 Å². The Labute approximate surface area is 98.3 Å². The molecule has 0 aliphatic heterocycles. The monoisotopic (exact) mass is 230 g/mol. The van der Waals surface area contributed by atoms with Crippen LogP contribution in [0.15, 0.2) is 0 Å². The van der Waals surface area contributed by atoms with Gasteiger partial charge in [0.1, 0.15) is 0 Å². The normalized spacial score (nSPS) is 16.2. The standard InChI is InChI=1S/C10H20.CH6N4O/c1-2-3-7-10-8-5-4-6-9-10;2-1(6)5(3)4/h10H,2-9H2,1H3;3-4H2,(H2,2,6). The van der Waals surface area contributed by atoms with Gasteiger partial charge in [0.15, 0.2) is 0 Å². The zero-order valence-electron chi connectivity index (χ0n) is 10.3. The van der Waals surface area contributed by atoms with E-state index in [-0.39, 0.29) is 0 Å². The molecule has 5 heteroatoms. The molecule has 16 heavy (non-hydrogen) atoms. The van der Waals surface area contributed by atoms with Crippen molar-refractivity contribution in [2.24, 2.45) is 23.3 Å². The Morgan fingerprint density at radius 1 is 1.25 bits per heavy atom. The van der Waals surface area contributed by atoms with Gasteiger partial charge in [-0.1, -0.05) is 58.3 Å². The van der Waals surface area contributed by atoms with Gasteiger partial charge in [-0.05, 0) is 5.92 Å². The number of hydrogen-bond acceptors (Lipinski definition) is 3. The van der Waals surface area contributed by atoms with Crippen LogP contribution in [0.25, 0.3) is 0 Å². The minimum atomic E-state index is -0.852. The van der Waals surface area contributed by atoms with E-state index in [1.54, 1.807) is 0 Å². The molecule has 1 aliphatic rings. The Kier molecular flexibility index (Phi) is 8.94. The maximum atomic E-state index is 9.60. The molecule has 5 nitrogen and oxygen atoms in total. The lowest BCUT2D eigenvalue weighted by Crippen LogP contribution is -2.46. The van der Waals surface area contributed by atoms with Crippen LogP contribution in [-0.4, -0.2) is 11.1 Å². The van der Waals surface area contributed by atoms with Gasteiger partial charge in [-0.25, -0.2) is 16.5 Å². The first kappa shape index (κ1) is 15.2. The average Bonchev–Trinajstić information content (AvgIpc) is 2.28. The van der Waals surface area contributed by atoms with E-state index in [1.165, 1.54) is 51.4 Å². The van der Waals surface area contributed by atoms with Crippen LogP contribution in [-0.2, 0) is 0 Å². The molecule has 0 bridgehead atoms. The maximum absolute atomic E-state index is 9.60. The van der Waals surface area contributed by atoms with E-state index < -0.39 is 6.03 Å². The van der Waals surface area contributed by atoms with Crippen LogP contribution in [0.2, 0.25) is 0 Å². The minimum absolute atomic E-state index is 0.306. The van der Waals surface area contributed by atoms with Crippen molar-refractivity contribution < 1.29 is 4.79 Å². The van der Waals surface area contributed by atoms with Gasteiger partial charge in [-0.2, -0.15) is 5.12 Å². The van der Waals surface area contributed by atoms with Gasteiger partial charge in [-0.15, -0.1) is 0 Å². The predicted octanol–water partition coefficient (Wildman–Crippen LogP) is 1.87. The highest BCUT2D eigenvalue weighted by Gasteiger charge is 2.11. The highest BCUT2D eigenvalue weighted by atomic mass is 16.2. The first-order valence-corrected chi connectivity index (χ1v) is 6.16. The van der Waals surface area contributed by atoms with E-state index in [1.807, 2.05) is 0 Å². The largest absolute Gasteiger partial charge is 0.349 e. The van der Waals surface area contributed by atoms with E-state index in [9.17, 15) is 4.79 Å². The molecule has 0 atom stereocenters. The van der Waals surface area contributed by atoms with Crippen molar-refractivity contribution in [2.75, 3.05) is 0 Å². The Morgan fingerprint density at radius 3 is 2.12 bits per heavy atom. The van der Waals surface area contributed by atoms with E-state index in [2.05, 4.69) is 24.3 Å². The summed E-state index contributed by atoms with van der Waals surface area (Å²) in [7, 11) is 0. The number of hydrogen-bond donors (Lipinski definition) is 3. The molecule has 0 heterocycles. The summed E-state index contributed by atoms with van der Waals surface area (Å²) in [4.78, 5) is 9.60.